The van der Waals surface area contributed by atoms with Crippen LogP contribution in [0.15, 0.2) is 0 Å². The first kappa shape index (κ1) is 104. The minimum absolute atomic E-state index is 0.00903. The topological polar surface area (TPSA) is 232 Å². The number of unbranched alkanes of at least 4 members (excludes halogenated alkanes) is 49. The molecule has 0 spiro atoms. The number of hydrogen-bond acceptors (Lipinski definition) is 13. The molecule has 4 N–H and O–H groups in total. The van der Waals surface area contributed by atoms with E-state index in [9.17, 15) is 38.1 Å². The second-order valence-corrected chi connectivity index (χ2v) is 34.7. The summed E-state index contributed by atoms with van der Waals surface area (Å²) in [7, 11) is -8.46. The van der Waals surface area contributed by atoms with Crippen molar-refractivity contribution in [2.24, 2.45) is 0 Å². The maximum Gasteiger partial charge on any atom is 0.472 e. The van der Waals surface area contributed by atoms with E-state index in [-0.39, 0.29) is 81.6 Å². The van der Waals surface area contributed by atoms with E-state index in [4.69, 9.17) is 32.5 Å². The van der Waals surface area contributed by atoms with Gasteiger partial charge in [0.05, 0.1) is 64.5 Å². The summed E-state index contributed by atoms with van der Waals surface area (Å²) < 4.78 is 67.6. The largest absolute Gasteiger partial charge is 0.472 e. The van der Waals surface area contributed by atoms with Crippen LogP contribution in [0.1, 0.15) is 459 Å². The summed E-state index contributed by atoms with van der Waals surface area (Å²) >= 11 is 0. The maximum atomic E-state index is 13.4. The molecule has 6 atom stereocenters. The third-order valence-corrected chi connectivity index (χ3v) is 23.1. The highest BCUT2D eigenvalue weighted by molar-refractivity contribution is 7.52. The van der Waals surface area contributed by atoms with Crippen LogP contribution in [0.25, 0.3) is 0 Å². The van der Waals surface area contributed by atoms with Gasteiger partial charge in [-0.2, -0.15) is 0 Å². The fraction of sp³-hybridized carbons (Fsp3) is 0.954. The fourth-order valence-corrected chi connectivity index (χ4v) is 15.7. The average Bonchev–Trinajstić information content (AvgIpc) is 1.22. The third-order valence-electron chi connectivity index (χ3n) is 20.7. The molecular weight excluding hydrogens is 1370 g/mol. The van der Waals surface area contributed by atoms with Crippen LogP contribution in [-0.2, 0) is 60.8 Å². The number of ether oxygens (including phenoxy) is 4. The molecule has 0 rings (SSSR count). The molecule has 0 aromatic carbocycles. The minimum Gasteiger partial charge on any atom is -0.462 e. The quantitative estimate of drug-likeness (QED) is 0.0252. The number of carbonyl (C=O) groups excluding carboxylic acids is 4. The lowest BCUT2D eigenvalue weighted by molar-refractivity contribution is -0.151. The predicted octanol–water partition coefficient (Wildman–Crippen LogP) is 25.6. The Hall–Kier alpha value is -1.94. The van der Waals surface area contributed by atoms with Crippen LogP contribution in [0.2, 0.25) is 0 Å². The number of phosphoric ester groups is 1. The van der Waals surface area contributed by atoms with Crippen molar-refractivity contribution in [2.75, 3.05) is 52.4 Å². The van der Waals surface area contributed by atoms with Gasteiger partial charge in [-0.25, -0.2) is 4.57 Å². The lowest BCUT2D eigenvalue weighted by Gasteiger charge is -2.22. The highest BCUT2D eigenvalue weighted by Crippen LogP contribution is 2.44. The number of phosphoric acid groups is 1. The van der Waals surface area contributed by atoms with Gasteiger partial charge in [-0.3, -0.25) is 32.8 Å². The minimum atomic E-state index is -4.48. The lowest BCUT2D eigenvalue weighted by Crippen LogP contribution is -2.41. The van der Waals surface area contributed by atoms with Gasteiger partial charge in [0, 0.05) is 38.5 Å². The van der Waals surface area contributed by atoms with Crippen LogP contribution in [0.3, 0.4) is 0 Å². The summed E-state index contributed by atoms with van der Waals surface area (Å²) in [6, 6.07) is -1.18. The molecule has 19 heteroatoms. The summed E-state index contributed by atoms with van der Waals surface area (Å²) in [5, 5.41) is 6.12. The highest BCUT2D eigenvalue weighted by atomic mass is 31.2. The normalized spacial score (nSPS) is 14.0. The zero-order chi connectivity index (χ0) is 77.6. The highest BCUT2D eigenvalue weighted by Gasteiger charge is 2.27. The molecule has 0 aliphatic rings. The van der Waals surface area contributed by atoms with E-state index >= 15 is 0 Å². The van der Waals surface area contributed by atoms with Crippen molar-refractivity contribution < 1.29 is 70.6 Å². The molecule has 2 amide bonds. The Morgan fingerprint density at radius 2 is 0.557 bits per heavy atom. The molecule has 0 bridgehead atoms. The summed E-state index contributed by atoms with van der Waals surface area (Å²) in [6.07, 6.45) is 66.5. The standard InChI is InChI=1S/C87H172N2O15P2/c1-7-13-19-25-29-33-35-39-41-49-57-65-84(90)88-80(77-98-74-69-82(63-55-47-23-17-11-5)103-86(92)67-59-51-43-37-31-27-21-15-9-3)71-76-105(94,95)100-72-61-53-45-46-54-62-73-101-106(96,97)102-79-81(89-85(91)66-58-50-42-40-36-34-30-26-20-14-8-2)78-99-75-70-83(64-56-48-24-18-12-6)104-87(93)68-60-52-44-38-32-28-22-16-10-4/h80-83H,7-79H2,1-6H3,(H,88,90)(H,89,91)(H,94,95)(H,96,97)/t80?,81?,82-,83-/m1/s1. The Bertz CT molecular complexity index is 1890. The molecule has 0 saturated carbocycles. The molecule has 0 heterocycles. The van der Waals surface area contributed by atoms with Gasteiger partial charge >= 0.3 is 27.4 Å². The van der Waals surface area contributed by atoms with Crippen molar-refractivity contribution in [3.8, 4) is 0 Å². The second-order valence-electron chi connectivity index (χ2n) is 31.3. The molecule has 0 aromatic rings. The van der Waals surface area contributed by atoms with Gasteiger partial charge in [-0.05, 0) is 70.6 Å². The van der Waals surface area contributed by atoms with E-state index in [0.29, 0.717) is 64.6 Å². The summed E-state index contributed by atoms with van der Waals surface area (Å²) in [6.45, 7) is 14.1. The number of rotatable bonds is 87. The summed E-state index contributed by atoms with van der Waals surface area (Å²) in [4.78, 5) is 74.5. The maximum absolute atomic E-state index is 13.4. The molecule has 0 saturated heterocycles. The van der Waals surface area contributed by atoms with E-state index in [1.54, 1.807) is 0 Å². The average molecular weight is 1550 g/mol. The molecule has 0 aliphatic heterocycles. The van der Waals surface area contributed by atoms with Crippen molar-refractivity contribution in [2.45, 2.75) is 483 Å². The van der Waals surface area contributed by atoms with Crippen molar-refractivity contribution in [3.05, 3.63) is 0 Å². The van der Waals surface area contributed by atoms with Crippen LogP contribution < -0.4 is 10.6 Å². The predicted molar refractivity (Wildman–Crippen MR) is 442 cm³/mol. The van der Waals surface area contributed by atoms with Crippen LogP contribution in [0.4, 0.5) is 0 Å². The summed E-state index contributed by atoms with van der Waals surface area (Å²) in [5.41, 5.74) is 0. The lowest BCUT2D eigenvalue weighted by atomic mass is 10.1. The number of amides is 2. The SMILES string of the molecule is CCCCCCCCCCCCCC(=O)NC(CCP(=O)(O)OCCCCCCCCOP(=O)(O)OCC(COCC[C@@H](CCCCCCC)OC(=O)CCCCCCCCCCC)NC(=O)CCCCCCCCCCCCC)COCC[C@@H](CCCCCCC)OC(=O)CCCCCCCCCCC. The van der Waals surface area contributed by atoms with Gasteiger partial charge < -0.3 is 43.9 Å². The second kappa shape index (κ2) is 79.7. The smallest absolute Gasteiger partial charge is 0.462 e. The van der Waals surface area contributed by atoms with Gasteiger partial charge in [-0.15, -0.1) is 0 Å². The van der Waals surface area contributed by atoms with E-state index in [1.807, 2.05) is 0 Å². The number of hydrogen-bond donors (Lipinski definition) is 4. The number of carbonyl (C=O) groups is 4. The van der Waals surface area contributed by atoms with Crippen LogP contribution in [0, 0.1) is 0 Å². The molecule has 0 fully saturated rings. The monoisotopic (exact) mass is 1550 g/mol. The van der Waals surface area contributed by atoms with Gasteiger partial charge in [0.2, 0.25) is 11.8 Å². The Kier molecular flexibility index (Phi) is 78.2. The molecule has 17 nitrogen and oxygen atoms in total. The van der Waals surface area contributed by atoms with Crippen molar-refractivity contribution in [1.82, 2.24) is 10.6 Å². The first-order valence-corrected chi connectivity index (χ1v) is 48.6. The van der Waals surface area contributed by atoms with E-state index in [1.165, 1.54) is 193 Å². The van der Waals surface area contributed by atoms with Crippen molar-refractivity contribution in [3.63, 3.8) is 0 Å². The van der Waals surface area contributed by atoms with Crippen LogP contribution in [-0.4, -0.2) is 110 Å². The Balaban J connectivity index is 5.41. The van der Waals surface area contributed by atoms with Gasteiger partial charge in [0.15, 0.2) is 0 Å². The van der Waals surface area contributed by atoms with Gasteiger partial charge in [-0.1, -0.05) is 350 Å². The Labute approximate surface area is 652 Å². The van der Waals surface area contributed by atoms with Crippen molar-refractivity contribution in [1.29, 1.82) is 0 Å². The van der Waals surface area contributed by atoms with E-state index < -0.39 is 27.5 Å². The molecule has 0 aliphatic carbocycles. The summed E-state index contributed by atoms with van der Waals surface area (Å²) in [5.74, 6) is -0.550. The first-order valence-electron chi connectivity index (χ1n) is 45.3. The molecule has 630 valence electrons. The van der Waals surface area contributed by atoms with Crippen LogP contribution >= 0.6 is 15.4 Å². The Morgan fingerprint density at radius 3 is 0.896 bits per heavy atom. The van der Waals surface area contributed by atoms with Gasteiger partial charge in [0.25, 0.3) is 0 Å². The third kappa shape index (κ3) is 76.1. The fourth-order valence-electron chi connectivity index (χ4n) is 13.7. The molecule has 0 aromatic heterocycles. The number of nitrogens with one attached hydrogen (secondary N) is 2. The first-order chi connectivity index (χ1) is 51.6. The molecule has 0 radical (unpaired) electrons. The molecule has 4 unspecified atom stereocenters. The van der Waals surface area contributed by atoms with E-state index in [0.717, 1.165) is 167 Å². The van der Waals surface area contributed by atoms with Gasteiger partial charge in [0.1, 0.15) is 12.2 Å². The molecular formula is C87H172N2O15P2. The number of esters is 2. The van der Waals surface area contributed by atoms with Crippen LogP contribution in [0.5, 0.6) is 0 Å². The van der Waals surface area contributed by atoms with Crippen molar-refractivity contribution >= 4 is 39.2 Å². The zero-order valence-electron chi connectivity index (χ0n) is 70.0. The zero-order valence-corrected chi connectivity index (χ0v) is 71.8. The molecule has 106 heavy (non-hydrogen) atoms. The Morgan fingerprint density at radius 1 is 0.283 bits per heavy atom. The van der Waals surface area contributed by atoms with E-state index in [2.05, 4.69) is 52.2 Å².